The normalized spacial score (nSPS) is 16.5. The van der Waals surface area contributed by atoms with E-state index in [0.29, 0.717) is 41.2 Å². The molecule has 0 radical (unpaired) electrons. The Morgan fingerprint density at radius 2 is 2.07 bits per heavy atom. The van der Waals surface area contributed by atoms with Crippen LogP contribution >= 0.6 is 23.2 Å². The maximum atomic E-state index is 12.6. The molecule has 1 fully saturated rings. The van der Waals surface area contributed by atoms with Crippen molar-refractivity contribution in [3.63, 3.8) is 0 Å². The number of ether oxygens (including phenoxy) is 1. The van der Waals surface area contributed by atoms with Crippen molar-refractivity contribution in [1.29, 1.82) is 0 Å². The van der Waals surface area contributed by atoms with Crippen molar-refractivity contribution in [2.45, 2.75) is 25.2 Å². The number of carbonyl (C=O) groups is 1. The van der Waals surface area contributed by atoms with Crippen molar-refractivity contribution in [2.24, 2.45) is 0 Å². The molecule has 1 amide bonds. The molecule has 2 aromatic carbocycles. The van der Waals surface area contributed by atoms with Gasteiger partial charge in [-0.25, -0.2) is 4.98 Å². The third-order valence-electron chi connectivity index (χ3n) is 5.15. The molecule has 156 valence electrons. The summed E-state index contributed by atoms with van der Waals surface area (Å²) in [5.41, 5.74) is 1.07. The van der Waals surface area contributed by atoms with E-state index in [9.17, 15) is 4.79 Å². The second-order valence-corrected chi connectivity index (χ2v) is 8.21. The van der Waals surface area contributed by atoms with Gasteiger partial charge < -0.3 is 14.1 Å². The predicted molar refractivity (Wildman–Crippen MR) is 116 cm³/mol. The van der Waals surface area contributed by atoms with E-state index in [1.165, 1.54) is 0 Å². The summed E-state index contributed by atoms with van der Waals surface area (Å²) < 4.78 is 11.6. The maximum Gasteiger partial charge on any atom is 0.260 e. The maximum absolute atomic E-state index is 12.6. The van der Waals surface area contributed by atoms with Crippen LogP contribution in [0.3, 0.4) is 0 Å². The zero-order valence-corrected chi connectivity index (χ0v) is 17.9. The molecule has 30 heavy (non-hydrogen) atoms. The number of para-hydroxylation sites is 1. The van der Waals surface area contributed by atoms with Crippen LogP contribution in [-0.4, -0.2) is 35.5 Å². The minimum atomic E-state index is -0.0645. The van der Waals surface area contributed by atoms with E-state index in [4.69, 9.17) is 32.4 Å². The first-order valence-corrected chi connectivity index (χ1v) is 10.7. The number of likely N-dealkylation sites (tertiary alicyclic amines) is 1. The first-order chi connectivity index (χ1) is 14.6. The summed E-state index contributed by atoms with van der Waals surface area (Å²) in [6.45, 7) is 1.24. The molecule has 0 aliphatic carbocycles. The number of nitrogens with zero attached hydrogens (tertiary/aromatic N) is 2. The highest BCUT2D eigenvalue weighted by molar-refractivity contribution is 6.32. The largest absolute Gasteiger partial charge is 0.482 e. The average molecular weight is 445 g/mol. The molecule has 7 heteroatoms. The van der Waals surface area contributed by atoms with E-state index in [-0.39, 0.29) is 18.4 Å². The monoisotopic (exact) mass is 444 g/mol. The fourth-order valence-corrected chi connectivity index (χ4v) is 4.04. The van der Waals surface area contributed by atoms with Gasteiger partial charge in [-0.05, 0) is 42.7 Å². The lowest BCUT2D eigenvalue weighted by molar-refractivity contribution is -0.134. The molecule has 3 aromatic rings. The number of benzene rings is 2. The van der Waals surface area contributed by atoms with E-state index in [2.05, 4.69) is 4.98 Å². The molecular formula is C23H22Cl2N2O3. The summed E-state index contributed by atoms with van der Waals surface area (Å²) in [5, 5.41) is 1.20. The van der Waals surface area contributed by atoms with Gasteiger partial charge in [-0.15, -0.1) is 0 Å². The van der Waals surface area contributed by atoms with Gasteiger partial charge in [0.2, 0.25) is 0 Å². The van der Waals surface area contributed by atoms with Crippen LogP contribution in [-0.2, 0) is 11.2 Å². The molecule has 0 N–H and O–H groups in total. The van der Waals surface area contributed by atoms with Gasteiger partial charge in [-0.3, -0.25) is 4.79 Å². The number of hydrogen-bond acceptors (Lipinski definition) is 4. The van der Waals surface area contributed by atoms with Crippen LogP contribution in [0.5, 0.6) is 5.75 Å². The molecule has 1 unspecified atom stereocenters. The zero-order chi connectivity index (χ0) is 20.9. The summed E-state index contributed by atoms with van der Waals surface area (Å²) in [4.78, 5) is 18.9. The van der Waals surface area contributed by atoms with E-state index in [0.717, 1.165) is 24.2 Å². The Morgan fingerprint density at radius 3 is 2.90 bits per heavy atom. The highest BCUT2D eigenvalue weighted by Crippen LogP contribution is 2.28. The van der Waals surface area contributed by atoms with Crippen LogP contribution in [0.2, 0.25) is 10.0 Å². The van der Waals surface area contributed by atoms with E-state index in [1.807, 2.05) is 41.3 Å². The number of aromatic nitrogens is 1. The summed E-state index contributed by atoms with van der Waals surface area (Å²) in [6, 6.07) is 14.8. The Hall–Kier alpha value is -2.50. The topological polar surface area (TPSA) is 55.6 Å². The molecular weight excluding hydrogens is 423 g/mol. The second kappa shape index (κ2) is 9.54. The number of amides is 1. The van der Waals surface area contributed by atoms with Crippen molar-refractivity contribution < 1.29 is 13.9 Å². The molecule has 1 aliphatic rings. The lowest BCUT2D eigenvalue weighted by Gasteiger charge is -2.31. The number of hydrogen-bond donors (Lipinski definition) is 0. The summed E-state index contributed by atoms with van der Waals surface area (Å²) in [7, 11) is 0. The zero-order valence-electron chi connectivity index (χ0n) is 16.4. The highest BCUT2D eigenvalue weighted by Gasteiger charge is 2.28. The van der Waals surface area contributed by atoms with Gasteiger partial charge in [-0.2, -0.15) is 0 Å². The molecule has 2 heterocycles. The van der Waals surface area contributed by atoms with Crippen molar-refractivity contribution in [3.05, 3.63) is 82.0 Å². The summed E-state index contributed by atoms with van der Waals surface area (Å²) >= 11 is 12.1. The number of piperidine rings is 1. The van der Waals surface area contributed by atoms with Gasteiger partial charge in [0.15, 0.2) is 12.5 Å². The number of rotatable bonds is 6. The van der Waals surface area contributed by atoms with Crippen molar-refractivity contribution in [2.75, 3.05) is 19.7 Å². The molecule has 1 aromatic heterocycles. The third-order valence-corrected chi connectivity index (χ3v) is 5.70. The summed E-state index contributed by atoms with van der Waals surface area (Å²) in [5.74, 6) is 2.00. The minimum absolute atomic E-state index is 0.0396. The first kappa shape index (κ1) is 20.8. The van der Waals surface area contributed by atoms with Gasteiger partial charge in [0.25, 0.3) is 5.91 Å². The van der Waals surface area contributed by atoms with Crippen LogP contribution in [0.1, 0.15) is 36.0 Å². The Bertz CT molecular complexity index is 1020. The first-order valence-electron chi connectivity index (χ1n) is 9.92. The molecule has 4 rings (SSSR count). The Labute approximate surface area is 185 Å². The van der Waals surface area contributed by atoms with Crippen molar-refractivity contribution in [3.8, 4) is 5.75 Å². The molecule has 1 saturated heterocycles. The number of carbonyl (C=O) groups excluding carboxylic acids is 1. The predicted octanol–water partition coefficient (Wildman–Crippen LogP) is 5.36. The molecule has 1 atom stereocenters. The van der Waals surface area contributed by atoms with E-state index >= 15 is 0 Å². The van der Waals surface area contributed by atoms with Crippen LogP contribution in [0.15, 0.2) is 59.1 Å². The smallest absolute Gasteiger partial charge is 0.260 e. The standard InChI is InChI=1S/C23H22Cl2N2O3/c24-18-7-3-5-16(11-18)12-19-13-26-23(30-19)17-6-4-10-27(14-17)22(28)15-29-21-9-2-1-8-20(21)25/h1-3,5,7-9,11,13,17H,4,6,10,12,14-15H2. The van der Waals surface area contributed by atoms with Crippen LogP contribution < -0.4 is 4.74 Å². The van der Waals surface area contributed by atoms with Crippen LogP contribution in [0, 0.1) is 0 Å². The fourth-order valence-electron chi connectivity index (χ4n) is 3.64. The van der Waals surface area contributed by atoms with Crippen molar-refractivity contribution in [1.82, 2.24) is 9.88 Å². The Morgan fingerprint density at radius 1 is 1.20 bits per heavy atom. The molecule has 1 aliphatic heterocycles. The minimum Gasteiger partial charge on any atom is -0.482 e. The third kappa shape index (κ3) is 5.15. The molecule has 0 bridgehead atoms. The Kier molecular flexibility index (Phi) is 6.60. The fraction of sp³-hybridized carbons (Fsp3) is 0.304. The summed E-state index contributed by atoms with van der Waals surface area (Å²) in [6.07, 6.45) is 4.23. The number of halogens is 2. The average Bonchev–Trinajstić information content (AvgIpc) is 3.21. The van der Waals surface area contributed by atoms with E-state index in [1.54, 1.807) is 18.3 Å². The SMILES string of the molecule is O=C(COc1ccccc1Cl)N1CCCC(c2ncc(Cc3cccc(Cl)c3)o2)C1. The lowest BCUT2D eigenvalue weighted by Crippen LogP contribution is -2.41. The van der Waals surface area contributed by atoms with Gasteiger partial charge in [0.05, 0.1) is 17.1 Å². The van der Waals surface area contributed by atoms with E-state index < -0.39 is 0 Å². The quantitative estimate of drug-likeness (QED) is 0.513. The van der Waals surface area contributed by atoms with Gasteiger partial charge in [-0.1, -0.05) is 47.5 Å². The van der Waals surface area contributed by atoms with Gasteiger partial charge in [0.1, 0.15) is 11.5 Å². The van der Waals surface area contributed by atoms with Crippen molar-refractivity contribution >= 4 is 29.1 Å². The molecule has 0 saturated carbocycles. The number of oxazole rings is 1. The van der Waals surface area contributed by atoms with Gasteiger partial charge in [0, 0.05) is 24.5 Å². The Balaban J connectivity index is 1.35. The highest BCUT2D eigenvalue weighted by atomic mass is 35.5. The van der Waals surface area contributed by atoms with Crippen LogP contribution in [0.25, 0.3) is 0 Å². The molecule has 5 nitrogen and oxygen atoms in total. The second-order valence-electron chi connectivity index (χ2n) is 7.37. The lowest BCUT2D eigenvalue weighted by atomic mass is 9.98. The molecule has 0 spiro atoms. The van der Waals surface area contributed by atoms with Crippen LogP contribution in [0.4, 0.5) is 0 Å². The van der Waals surface area contributed by atoms with Gasteiger partial charge >= 0.3 is 0 Å².